The highest BCUT2D eigenvalue weighted by Gasteiger charge is 2.32. The zero-order valence-corrected chi connectivity index (χ0v) is 7.04. The molecular weight excluding hydrogens is 142 g/mol. The first-order valence-electron chi connectivity index (χ1n) is 4.04. The Morgan fingerprint density at radius 1 is 1.64 bits per heavy atom. The number of nitrogens with two attached hydrogens (primary N) is 1. The lowest BCUT2D eigenvalue weighted by Gasteiger charge is -2.14. The molecule has 0 spiro atoms. The standard InChI is InChI=1S/C8H15NO2/c1-5(2)7(10)8-6(9)3-4-11-8/h5-6,8H,3-4,9H2,1-2H3/t6-,8+/m0/s1. The predicted octanol–water partition coefficient (Wildman–Crippen LogP) is 0.328. The molecule has 1 fully saturated rings. The summed E-state index contributed by atoms with van der Waals surface area (Å²) in [6.07, 6.45) is 0.471. The van der Waals surface area contributed by atoms with Gasteiger partial charge in [0, 0.05) is 18.6 Å². The molecule has 1 rings (SSSR count). The van der Waals surface area contributed by atoms with Gasteiger partial charge in [0.1, 0.15) is 6.10 Å². The maximum Gasteiger partial charge on any atom is 0.165 e. The van der Waals surface area contributed by atoms with Crippen molar-refractivity contribution >= 4 is 5.78 Å². The van der Waals surface area contributed by atoms with Crippen LogP contribution in [0.2, 0.25) is 0 Å². The first kappa shape index (κ1) is 8.68. The minimum Gasteiger partial charge on any atom is -0.369 e. The molecule has 2 atom stereocenters. The largest absolute Gasteiger partial charge is 0.369 e. The zero-order valence-electron chi connectivity index (χ0n) is 7.04. The Hall–Kier alpha value is -0.410. The molecule has 1 aliphatic heterocycles. The molecule has 3 nitrogen and oxygen atoms in total. The van der Waals surface area contributed by atoms with Gasteiger partial charge in [-0.3, -0.25) is 4.79 Å². The van der Waals surface area contributed by atoms with E-state index in [0.717, 1.165) is 6.42 Å². The summed E-state index contributed by atoms with van der Waals surface area (Å²) in [4.78, 5) is 11.4. The molecule has 0 aromatic carbocycles. The third-order valence-electron chi connectivity index (χ3n) is 1.99. The molecule has 0 saturated carbocycles. The van der Waals surface area contributed by atoms with Gasteiger partial charge in [0.15, 0.2) is 5.78 Å². The van der Waals surface area contributed by atoms with E-state index in [9.17, 15) is 4.79 Å². The SMILES string of the molecule is CC(C)C(=O)[C@@H]1OCC[C@@H]1N. The first-order chi connectivity index (χ1) is 5.13. The van der Waals surface area contributed by atoms with Crippen LogP contribution in [0.25, 0.3) is 0 Å². The van der Waals surface area contributed by atoms with Gasteiger partial charge in [0.25, 0.3) is 0 Å². The summed E-state index contributed by atoms with van der Waals surface area (Å²) in [7, 11) is 0. The number of carbonyl (C=O) groups excluding carboxylic acids is 1. The minimum atomic E-state index is -0.338. The predicted molar refractivity (Wildman–Crippen MR) is 42.2 cm³/mol. The molecule has 3 heteroatoms. The van der Waals surface area contributed by atoms with E-state index in [1.165, 1.54) is 0 Å². The normalized spacial score (nSPS) is 31.3. The molecule has 0 amide bonds. The van der Waals surface area contributed by atoms with E-state index in [2.05, 4.69) is 0 Å². The summed E-state index contributed by atoms with van der Waals surface area (Å²) in [5.74, 6) is 0.166. The van der Waals surface area contributed by atoms with Crippen LogP contribution in [-0.2, 0) is 9.53 Å². The first-order valence-corrected chi connectivity index (χ1v) is 4.04. The Morgan fingerprint density at radius 3 is 2.64 bits per heavy atom. The highest BCUT2D eigenvalue weighted by atomic mass is 16.5. The molecule has 0 aromatic rings. The fourth-order valence-electron chi connectivity index (χ4n) is 1.23. The Balaban J connectivity index is 2.53. The second-order valence-corrected chi connectivity index (χ2v) is 3.30. The summed E-state index contributed by atoms with van der Waals surface area (Å²) >= 11 is 0. The molecule has 0 aliphatic carbocycles. The van der Waals surface area contributed by atoms with Crippen LogP contribution in [0.5, 0.6) is 0 Å². The van der Waals surface area contributed by atoms with Crippen LogP contribution in [0, 0.1) is 5.92 Å². The molecule has 0 unspecified atom stereocenters. The lowest BCUT2D eigenvalue weighted by atomic mass is 9.99. The van der Waals surface area contributed by atoms with Gasteiger partial charge in [-0.15, -0.1) is 0 Å². The van der Waals surface area contributed by atoms with E-state index in [1.807, 2.05) is 13.8 Å². The number of ketones is 1. The van der Waals surface area contributed by atoms with Gasteiger partial charge in [-0.2, -0.15) is 0 Å². The summed E-state index contributed by atoms with van der Waals surface area (Å²) in [5.41, 5.74) is 5.67. The van der Waals surface area contributed by atoms with Crippen molar-refractivity contribution in [2.75, 3.05) is 6.61 Å². The molecule has 0 radical (unpaired) electrons. The van der Waals surface area contributed by atoms with Gasteiger partial charge in [-0.25, -0.2) is 0 Å². The second-order valence-electron chi connectivity index (χ2n) is 3.30. The quantitative estimate of drug-likeness (QED) is 0.628. The van der Waals surface area contributed by atoms with Gasteiger partial charge in [-0.05, 0) is 6.42 Å². The average molecular weight is 157 g/mol. The van der Waals surface area contributed by atoms with Crippen LogP contribution in [0.3, 0.4) is 0 Å². The molecule has 1 aliphatic rings. The maximum absolute atomic E-state index is 11.4. The molecule has 11 heavy (non-hydrogen) atoms. The lowest BCUT2D eigenvalue weighted by Crippen LogP contribution is -2.38. The fraction of sp³-hybridized carbons (Fsp3) is 0.875. The van der Waals surface area contributed by atoms with Crippen LogP contribution < -0.4 is 5.73 Å². The molecule has 1 saturated heterocycles. The van der Waals surface area contributed by atoms with Gasteiger partial charge in [0.05, 0.1) is 0 Å². The van der Waals surface area contributed by atoms with Crippen LogP contribution in [0.1, 0.15) is 20.3 Å². The molecule has 0 aromatic heterocycles. The highest BCUT2D eigenvalue weighted by molar-refractivity contribution is 5.85. The van der Waals surface area contributed by atoms with Gasteiger partial charge >= 0.3 is 0 Å². The third kappa shape index (κ3) is 1.79. The Kier molecular flexibility index (Phi) is 2.62. The van der Waals surface area contributed by atoms with Crippen molar-refractivity contribution in [3.63, 3.8) is 0 Å². The van der Waals surface area contributed by atoms with Crippen molar-refractivity contribution < 1.29 is 9.53 Å². The van der Waals surface area contributed by atoms with Crippen LogP contribution in [0.15, 0.2) is 0 Å². The van der Waals surface area contributed by atoms with Crippen molar-refractivity contribution in [3.8, 4) is 0 Å². The monoisotopic (exact) mass is 157 g/mol. The van der Waals surface area contributed by atoms with Crippen molar-refractivity contribution in [3.05, 3.63) is 0 Å². The fourth-order valence-corrected chi connectivity index (χ4v) is 1.23. The average Bonchev–Trinajstić information content (AvgIpc) is 2.33. The van der Waals surface area contributed by atoms with E-state index >= 15 is 0 Å². The topological polar surface area (TPSA) is 52.3 Å². The van der Waals surface area contributed by atoms with Gasteiger partial charge in [-0.1, -0.05) is 13.8 Å². The zero-order chi connectivity index (χ0) is 8.43. The number of carbonyl (C=O) groups is 1. The minimum absolute atomic E-state index is 0.0316. The smallest absolute Gasteiger partial charge is 0.165 e. The number of ether oxygens (including phenoxy) is 1. The molecule has 1 heterocycles. The van der Waals surface area contributed by atoms with E-state index < -0.39 is 0 Å². The number of Topliss-reactive ketones (excluding diaryl/α,β-unsaturated/α-hetero) is 1. The summed E-state index contributed by atoms with van der Waals surface area (Å²) < 4.78 is 5.21. The molecule has 2 N–H and O–H groups in total. The molecule has 64 valence electrons. The second kappa shape index (κ2) is 3.32. The van der Waals surface area contributed by atoms with Crippen molar-refractivity contribution in [2.24, 2.45) is 11.7 Å². The number of rotatable bonds is 2. The maximum atomic E-state index is 11.4. The summed E-state index contributed by atoms with van der Waals surface area (Å²) in [6, 6.07) is -0.0788. The van der Waals surface area contributed by atoms with Crippen molar-refractivity contribution in [1.82, 2.24) is 0 Å². The Labute approximate surface area is 66.9 Å². The summed E-state index contributed by atoms with van der Waals surface area (Å²) in [5, 5.41) is 0. The van der Waals surface area contributed by atoms with Crippen LogP contribution in [0.4, 0.5) is 0 Å². The van der Waals surface area contributed by atoms with Crippen molar-refractivity contribution in [2.45, 2.75) is 32.4 Å². The summed E-state index contributed by atoms with van der Waals surface area (Å²) in [6.45, 7) is 4.37. The Morgan fingerprint density at radius 2 is 2.27 bits per heavy atom. The van der Waals surface area contributed by atoms with Gasteiger partial charge < -0.3 is 10.5 Å². The number of hydrogen-bond donors (Lipinski definition) is 1. The van der Waals surface area contributed by atoms with E-state index in [-0.39, 0.29) is 23.8 Å². The number of hydrogen-bond acceptors (Lipinski definition) is 3. The van der Waals surface area contributed by atoms with Gasteiger partial charge in [0.2, 0.25) is 0 Å². The van der Waals surface area contributed by atoms with Crippen LogP contribution in [-0.4, -0.2) is 24.5 Å². The third-order valence-corrected chi connectivity index (χ3v) is 1.99. The Bertz CT molecular complexity index is 156. The van der Waals surface area contributed by atoms with Crippen molar-refractivity contribution in [1.29, 1.82) is 0 Å². The highest BCUT2D eigenvalue weighted by Crippen LogP contribution is 2.15. The lowest BCUT2D eigenvalue weighted by molar-refractivity contribution is -0.131. The van der Waals surface area contributed by atoms with E-state index in [1.54, 1.807) is 0 Å². The molecular formula is C8H15NO2. The molecule has 0 bridgehead atoms. The van der Waals surface area contributed by atoms with E-state index in [0.29, 0.717) is 6.61 Å². The van der Waals surface area contributed by atoms with E-state index in [4.69, 9.17) is 10.5 Å². The van der Waals surface area contributed by atoms with Crippen LogP contribution >= 0.6 is 0 Å².